The van der Waals surface area contributed by atoms with Crippen LogP contribution < -0.4 is 5.32 Å². The molecule has 0 saturated carbocycles. The number of likely N-dealkylation sites (tertiary alicyclic amines) is 1. The summed E-state index contributed by atoms with van der Waals surface area (Å²) in [6, 6.07) is 8.27. The van der Waals surface area contributed by atoms with Gasteiger partial charge in [0.2, 0.25) is 5.89 Å². The van der Waals surface area contributed by atoms with Crippen LogP contribution in [0.25, 0.3) is 11.3 Å². The Labute approximate surface area is 191 Å². The number of hydrogen-bond acceptors (Lipinski definition) is 5. The normalized spacial score (nSPS) is 20.5. The molecule has 7 heteroatoms. The average Bonchev–Trinajstić information content (AvgIpc) is 3.31. The molecular weight excluding hydrogens is 404 g/mol. The second-order valence-corrected chi connectivity index (χ2v) is 8.66. The zero-order valence-corrected chi connectivity index (χ0v) is 19.4. The van der Waals surface area contributed by atoms with Gasteiger partial charge in [-0.2, -0.15) is 0 Å². The summed E-state index contributed by atoms with van der Waals surface area (Å²) in [6.45, 7) is 8.89. The van der Waals surface area contributed by atoms with Crippen molar-refractivity contribution in [2.75, 3.05) is 32.8 Å². The Morgan fingerprint density at radius 3 is 2.72 bits per heavy atom. The second-order valence-electron chi connectivity index (χ2n) is 8.66. The van der Waals surface area contributed by atoms with Crippen LogP contribution in [0.4, 0.5) is 0 Å². The minimum absolute atomic E-state index is 0.284. The molecule has 1 aromatic heterocycles. The van der Waals surface area contributed by atoms with Crippen molar-refractivity contribution in [3.63, 3.8) is 0 Å². The molecule has 2 aliphatic heterocycles. The average molecular weight is 441 g/mol. The van der Waals surface area contributed by atoms with E-state index in [9.17, 15) is 0 Å². The van der Waals surface area contributed by atoms with Crippen molar-refractivity contribution in [3.05, 3.63) is 41.9 Å². The van der Waals surface area contributed by atoms with Gasteiger partial charge in [0.15, 0.2) is 11.7 Å². The SMILES string of the molecule is CCNC(=NCc1ncc(-c2ccc(C)cc2)o1)N1CCC(OCC2CCCCO2)CC1. The third kappa shape index (κ3) is 6.33. The fourth-order valence-corrected chi connectivity index (χ4v) is 4.22. The van der Waals surface area contributed by atoms with Crippen LogP contribution in [0.3, 0.4) is 0 Å². The fourth-order valence-electron chi connectivity index (χ4n) is 4.22. The first-order chi connectivity index (χ1) is 15.7. The Balaban J connectivity index is 1.28. The predicted octanol–water partition coefficient (Wildman–Crippen LogP) is 4.17. The molecule has 2 fully saturated rings. The molecule has 1 atom stereocenters. The number of nitrogens with zero attached hydrogens (tertiary/aromatic N) is 3. The van der Waals surface area contributed by atoms with E-state index >= 15 is 0 Å². The van der Waals surface area contributed by atoms with Crippen LogP contribution in [0.2, 0.25) is 0 Å². The van der Waals surface area contributed by atoms with E-state index in [-0.39, 0.29) is 6.10 Å². The number of nitrogens with one attached hydrogen (secondary N) is 1. The van der Waals surface area contributed by atoms with E-state index in [0.717, 1.165) is 69.4 Å². The molecule has 1 unspecified atom stereocenters. The number of benzene rings is 1. The van der Waals surface area contributed by atoms with Crippen LogP contribution in [0.1, 0.15) is 50.5 Å². The molecule has 7 nitrogen and oxygen atoms in total. The first kappa shape index (κ1) is 22.8. The molecule has 0 spiro atoms. The van der Waals surface area contributed by atoms with Gasteiger partial charge in [-0.15, -0.1) is 0 Å². The Hall–Kier alpha value is -2.38. The van der Waals surface area contributed by atoms with Crippen LogP contribution in [-0.4, -0.2) is 60.9 Å². The summed E-state index contributed by atoms with van der Waals surface area (Å²) in [7, 11) is 0. The molecule has 174 valence electrons. The van der Waals surface area contributed by atoms with Crippen molar-refractivity contribution in [2.24, 2.45) is 4.99 Å². The molecule has 1 aromatic carbocycles. The van der Waals surface area contributed by atoms with Gasteiger partial charge in [-0.1, -0.05) is 29.8 Å². The number of aromatic nitrogens is 1. The Kier molecular flexibility index (Phi) is 8.18. The highest BCUT2D eigenvalue weighted by atomic mass is 16.5. The molecule has 0 aliphatic carbocycles. The lowest BCUT2D eigenvalue weighted by Crippen LogP contribution is -2.47. The van der Waals surface area contributed by atoms with Gasteiger partial charge in [-0.25, -0.2) is 9.98 Å². The maximum Gasteiger partial charge on any atom is 0.216 e. The monoisotopic (exact) mass is 440 g/mol. The van der Waals surface area contributed by atoms with Crippen LogP contribution in [0.15, 0.2) is 39.9 Å². The Bertz CT molecular complexity index is 850. The van der Waals surface area contributed by atoms with E-state index in [4.69, 9.17) is 18.9 Å². The molecule has 3 heterocycles. The van der Waals surface area contributed by atoms with Crippen LogP contribution in [0.5, 0.6) is 0 Å². The standard InChI is InChI=1S/C25H36N4O3/c1-3-26-25(28-17-24-27-16-23(32-24)20-9-7-19(2)8-10-20)29-13-11-21(12-14-29)31-18-22-6-4-5-15-30-22/h7-10,16,21-22H,3-6,11-15,17-18H2,1-2H3,(H,26,28). The van der Waals surface area contributed by atoms with E-state index in [0.29, 0.717) is 18.5 Å². The summed E-state index contributed by atoms with van der Waals surface area (Å²) in [5.74, 6) is 2.32. The van der Waals surface area contributed by atoms with Gasteiger partial charge in [0, 0.05) is 31.8 Å². The van der Waals surface area contributed by atoms with Crippen LogP contribution in [-0.2, 0) is 16.0 Å². The lowest BCUT2D eigenvalue weighted by Gasteiger charge is -2.35. The van der Waals surface area contributed by atoms with E-state index < -0.39 is 0 Å². The number of aliphatic imine (C=N–C) groups is 1. The van der Waals surface area contributed by atoms with E-state index in [1.807, 2.05) is 0 Å². The van der Waals surface area contributed by atoms with Crippen LogP contribution in [0, 0.1) is 6.92 Å². The van der Waals surface area contributed by atoms with Crippen molar-refractivity contribution in [2.45, 2.75) is 64.7 Å². The molecule has 0 bridgehead atoms. The fraction of sp³-hybridized carbons (Fsp3) is 0.600. The highest BCUT2D eigenvalue weighted by Crippen LogP contribution is 2.21. The summed E-state index contributed by atoms with van der Waals surface area (Å²) in [5, 5.41) is 3.41. The summed E-state index contributed by atoms with van der Waals surface area (Å²) in [4.78, 5) is 11.5. The first-order valence-electron chi connectivity index (χ1n) is 12.0. The van der Waals surface area contributed by atoms with Gasteiger partial charge in [0.05, 0.1) is 25.0 Å². The van der Waals surface area contributed by atoms with Crippen molar-refractivity contribution in [1.82, 2.24) is 15.2 Å². The number of aryl methyl sites for hydroxylation is 1. The Morgan fingerprint density at radius 1 is 1.19 bits per heavy atom. The number of hydrogen-bond donors (Lipinski definition) is 1. The number of piperidine rings is 1. The van der Waals surface area contributed by atoms with Gasteiger partial charge in [0.25, 0.3) is 0 Å². The molecule has 1 N–H and O–H groups in total. The first-order valence-corrected chi connectivity index (χ1v) is 12.0. The molecule has 2 saturated heterocycles. The molecular formula is C25H36N4O3. The maximum absolute atomic E-state index is 6.15. The molecule has 2 aliphatic rings. The Morgan fingerprint density at radius 2 is 2.00 bits per heavy atom. The minimum Gasteiger partial charge on any atom is -0.439 e. The van der Waals surface area contributed by atoms with Gasteiger partial charge in [0.1, 0.15) is 6.54 Å². The largest absolute Gasteiger partial charge is 0.439 e. The number of guanidine groups is 1. The van der Waals surface area contributed by atoms with Crippen molar-refractivity contribution in [1.29, 1.82) is 0 Å². The summed E-state index contributed by atoms with van der Waals surface area (Å²) in [5.41, 5.74) is 2.26. The van der Waals surface area contributed by atoms with Crippen LogP contribution >= 0.6 is 0 Å². The number of oxazole rings is 1. The maximum atomic E-state index is 6.15. The summed E-state index contributed by atoms with van der Waals surface area (Å²) < 4.78 is 17.9. The highest BCUT2D eigenvalue weighted by molar-refractivity contribution is 5.80. The van der Waals surface area contributed by atoms with E-state index in [1.165, 1.54) is 18.4 Å². The van der Waals surface area contributed by atoms with Gasteiger partial charge >= 0.3 is 0 Å². The molecule has 4 rings (SSSR count). The molecule has 0 amide bonds. The van der Waals surface area contributed by atoms with Crippen molar-refractivity contribution < 1.29 is 13.9 Å². The predicted molar refractivity (Wildman–Crippen MR) is 126 cm³/mol. The molecule has 0 radical (unpaired) electrons. The van der Waals surface area contributed by atoms with E-state index in [2.05, 4.69) is 53.3 Å². The lowest BCUT2D eigenvalue weighted by atomic mass is 10.1. The second kappa shape index (κ2) is 11.5. The smallest absolute Gasteiger partial charge is 0.216 e. The summed E-state index contributed by atoms with van der Waals surface area (Å²) >= 11 is 0. The third-order valence-corrected chi connectivity index (χ3v) is 6.12. The summed E-state index contributed by atoms with van der Waals surface area (Å²) in [6.07, 6.45) is 7.95. The minimum atomic E-state index is 0.284. The zero-order chi connectivity index (χ0) is 22.2. The van der Waals surface area contributed by atoms with Crippen molar-refractivity contribution >= 4 is 5.96 Å². The van der Waals surface area contributed by atoms with E-state index in [1.54, 1.807) is 6.20 Å². The molecule has 32 heavy (non-hydrogen) atoms. The molecule has 2 aromatic rings. The number of rotatable bonds is 7. The van der Waals surface area contributed by atoms with Gasteiger partial charge < -0.3 is 24.1 Å². The topological polar surface area (TPSA) is 72.1 Å². The highest BCUT2D eigenvalue weighted by Gasteiger charge is 2.24. The quantitative estimate of drug-likeness (QED) is 0.515. The zero-order valence-electron chi connectivity index (χ0n) is 19.4. The lowest BCUT2D eigenvalue weighted by molar-refractivity contribution is -0.0721. The van der Waals surface area contributed by atoms with Crippen molar-refractivity contribution in [3.8, 4) is 11.3 Å². The number of ether oxygens (including phenoxy) is 2. The van der Waals surface area contributed by atoms with Gasteiger partial charge in [-0.3, -0.25) is 0 Å². The third-order valence-electron chi connectivity index (χ3n) is 6.12. The van der Waals surface area contributed by atoms with Gasteiger partial charge in [-0.05, 0) is 46.0 Å².